The van der Waals surface area contributed by atoms with Crippen LogP contribution in [-0.4, -0.2) is 6.09 Å². The molecule has 0 spiro atoms. The minimum absolute atomic E-state index is 0.0219. The Bertz CT molecular complexity index is 589. The molecular weight excluding hydrogens is 313 g/mol. The Kier molecular flexibility index (Phi) is 4.52. The average molecular weight is 324 g/mol. The molecule has 0 aliphatic rings. The van der Waals surface area contributed by atoms with Gasteiger partial charge in [0.15, 0.2) is 0 Å². The predicted octanol–water partition coefficient (Wildman–Crippen LogP) is 4.34. The van der Waals surface area contributed by atoms with E-state index in [1.807, 2.05) is 12.1 Å². The molecule has 2 aromatic carbocycles. The third-order valence-electron chi connectivity index (χ3n) is 2.37. The van der Waals surface area contributed by atoms with Crippen molar-refractivity contribution in [3.63, 3.8) is 0 Å². The van der Waals surface area contributed by atoms with Crippen LogP contribution in [0.3, 0.4) is 0 Å². The van der Waals surface area contributed by atoms with Crippen molar-refractivity contribution in [2.24, 2.45) is 0 Å². The Morgan fingerprint density at radius 2 is 2.00 bits per heavy atom. The molecule has 5 heteroatoms. The molecule has 0 unspecified atom stereocenters. The molecule has 0 fully saturated rings. The Labute approximate surface area is 118 Å². The Morgan fingerprint density at radius 3 is 2.74 bits per heavy atom. The summed E-state index contributed by atoms with van der Waals surface area (Å²) < 4.78 is 18.7. The molecule has 0 atom stereocenters. The first-order valence-corrected chi connectivity index (χ1v) is 6.37. The van der Waals surface area contributed by atoms with E-state index in [0.717, 1.165) is 4.47 Å². The third-order valence-corrected chi connectivity index (χ3v) is 3.06. The molecule has 2 rings (SSSR count). The highest BCUT2D eigenvalue weighted by atomic mass is 79.9. The van der Waals surface area contributed by atoms with Crippen LogP contribution in [0.1, 0.15) is 5.56 Å². The van der Waals surface area contributed by atoms with E-state index < -0.39 is 6.09 Å². The molecule has 0 radical (unpaired) electrons. The number of hydrogen-bond donors (Lipinski definition) is 1. The van der Waals surface area contributed by atoms with Crippen molar-refractivity contribution in [3.05, 3.63) is 64.4 Å². The highest BCUT2D eigenvalue weighted by Crippen LogP contribution is 2.21. The van der Waals surface area contributed by atoms with Crippen molar-refractivity contribution in [1.82, 2.24) is 0 Å². The van der Waals surface area contributed by atoms with Crippen LogP contribution >= 0.6 is 15.9 Å². The summed E-state index contributed by atoms with van der Waals surface area (Å²) in [5.41, 5.74) is 1.22. The van der Waals surface area contributed by atoms with Gasteiger partial charge in [0.05, 0.1) is 5.69 Å². The lowest BCUT2D eigenvalue weighted by molar-refractivity contribution is 0.155. The highest BCUT2D eigenvalue weighted by Gasteiger charge is 2.06. The summed E-state index contributed by atoms with van der Waals surface area (Å²) in [4.78, 5) is 11.6. The molecule has 0 saturated heterocycles. The second kappa shape index (κ2) is 6.33. The number of carbonyl (C=O) groups excluding carboxylic acids is 1. The van der Waals surface area contributed by atoms with Gasteiger partial charge in [-0.2, -0.15) is 0 Å². The van der Waals surface area contributed by atoms with Gasteiger partial charge in [-0.1, -0.05) is 24.3 Å². The first-order chi connectivity index (χ1) is 9.15. The van der Waals surface area contributed by atoms with Crippen LogP contribution in [0.25, 0.3) is 0 Å². The van der Waals surface area contributed by atoms with Gasteiger partial charge in [-0.05, 0) is 45.8 Å². The van der Waals surface area contributed by atoms with Crippen LogP contribution in [0.5, 0.6) is 0 Å². The smallest absolute Gasteiger partial charge is 0.411 e. The van der Waals surface area contributed by atoms with E-state index in [-0.39, 0.29) is 12.4 Å². The fraction of sp³-hybridized carbons (Fsp3) is 0.0714. The molecule has 1 amide bonds. The Hall–Kier alpha value is -1.88. The van der Waals surface area contributed by atoms with Gasteiger partial charge in [-0.3, -0.25) is 5.32 Å². The molecule has 0 bridgehead atoms. The van der Waals surface area contributed by atoms with Crippen LogP contribution in [0.4, 0.5) is 14.9 Å². The van der Waals surface area contributed by atoms with Crippen LogP contribution < -0.4 is 5.32 Å². The maximum absolute atomic E-state index is 12.9. The molecule has 0 aliphatic carbocycles. The van der Waals surface area contributed by atoms with E-state index in [9.17, 15) is 9.18 Å². The van der Waals surface area contributed by atoms with Gasteiger partial charge in [0.2, 0.25) is 0 Å². The molecule has 2 aromatic rings. The van der Waals surface area contributed by atoms with Gasteiger partial charge in [-0.25, -0.2) is 9.18 Å². The number of benzene rings is 2. The zero-order chi connectivity index (χ0) is 13.7. The van der Waals surface area contributed by atoms with Crippen LogP contribution in [-0.2, 0) is 11.3 Å². The summed E-state index contributed by atoms with van der Waals surface area (Å²) in [5.74, 6) is -0.354. The second-order valence-corrected chi connectivity index (χ2v) is 4.67. The number of amides is 1. The summed E-state index contributed by atoms with van der Waals surface area (Å²) in [6.07, 6.45) is -0.587. The third kappa shape index (κ3) is 4.06. The van der Waals surface area contributed by atoms with Crippen LogP contribution in [0, 0.1) is 5.82 Å². The van der Waals surface area contributed by atoms with Crippen molar-refractivity contribution in [3.8, 4) is 0 Å². The van der Waals surface area contributed by atoms with Crippen molar-refractivity contribution in [2.45, 2.75) is 6.61 Å². The van der Waals surface area contributed by atoms with Crippen molar-refractivity contribution in [2.75, 3.05) is 5.32 Å². The van der Waals surface area contributed by atoms with Gasteiger partial charge in [0.1, 0.15) is 12.4 Å². The van der Waals surface area contributed by atoms with Gasteiger partial charge in [0, 0.05) is 4.47 Å². The molecule has 0 aliphatic heterocycles. The number of anilines is 1. The molecule has 0 aromatic heterocycles. The number of ether oxygens (including phenoxy) is 1. The summed E-state index contributed by atoms with van der Waals surface area (Å²) in [5, 5.41) is 2.59. The normalized spacial score (nSPS) is 10.0. The fourth-order valence-electron chi connectivity index (χ4n) is 1.48. The van der Waals surface area contributed by atoms with Gasteiger partial charge >= 0.3 is 6.09 Å². The maximum Gasteiger partial charge on any atom is 0.411 e. The van der Waals surface area contributed by atoms with Gasteiger partial charge in [-0.15, -0.1) is 0 Å². The molecular formula is C14H11BrFNO2. The monoisotopic (exact) mass is 323 g/mol. The quantitative estimate of drug-likeness (QED) is 0.912. The summed E-state index contributed by atoms with van der Waals surface area (Å²) in [6, 6.07) is 13.1. The second-order valence-electron chi connectivity index (χ2n) is 3.81. The summed E-state index contributed by atoms with van der Waals surface area (Å²) in [7, 11) is 0. The fourth-order valence-corrected chi connectivity index (χ4v) is 1.87. The molecule has 19 heavy (non-hydrogen) atoms. The van der Waals surface area contributed by atoms with Gasteiger partial charge < -0.3 is 4.74 Å². The van der Waals surface area contributed by atoms with E-state index in [2.05, 4.69) is 21.2 Å². The van der Waals surface area contributed by atoms with E-state index in [4.69, 9.17) is 4.74 Å². The van der Waals surface area contributed by atoms with E-state index >= 15 is 0 Å². The Morgan fingerprint density at radius 1 is 1.21 bits per heavy atom. The minimum atomic E-state index is -0.587. The number of nitrogens with one attached hydrogen (secondary N) is 1. The van der Waals surface area contributed by atoms with Crippen LogP contribution in [0.2, 0.25) is 0 Å². The average Bonchev–Trinajstić information content (AvgIpc) is 2.39. The standard InChI is InChI=1S/C14H11BrFNO2/c15-12-6-1-2-7-13(12)17-14(18)19-9-10-4-3-5-11(16)8-10/h1-8H,9H2,(H,17,18). The zero-order valence-corrected chi connectivity index (χ0v) is 11.5. The first-order valence-electron chi connectivity index (χ1n) is 5.58. The number of halogens is 2. The van der Waals surface area contributed by atoms with E-state index in [0.29, 0.717) is 11.3 Å². The van der Waals surface area contributed by atoms with Crippen molar-refractivity contribution < 1.29 is 13.9 Å². The lowest BCUT2D eigenvalue weighted by atomic mass is 10.2. The topological polar surface area (TPSA) is 38.3 Å². The maximum atomic E-state index is 12.9. The predicted molar refractivity (Wildman–Crippen MR) is 74.3 cm³/mol. The number of rotatable bonds is 3. The van der Waals surface area contributed by atoms with Crippen molar-refractivity contribution >= 4 is 27.7 Å². The first kappa shape index (κ1) is 13.5. The van der Waals surface area contributed by atoms with Crippen molar-refractivity contribution in [1.29, 1.82) is 0 Å². The number of hydrogen-bond acceptors (Lipinski definition) is 2. The largest absolute Gasteiger partial charge is 0.444 e. The molecule has 98 valence electrons. The van der Waals surface area contributed by atoms with Gasteiger partial charge in [0.25, 0.3) is 0 Å². The Balaban J connectivity index is 1.90. The summed E-state index contributed by atoms with van der Waals surface area (Å²) in [6.45, 7) is 0.0219. The zero-order valence-electron chi connectivity index (χ0n) is 9.90. The minimum Gasteiger partial charge on any atom is -0.444 e. The van der Waals surface area contributed by atoms with E-state index in [1.54, 1.807) is 24.3 Å². The van der Waals surface area contributed by atoms with E-state index in [1.165, 1.54) is 12.1 Å². The highest BCUT2D eigenvalue weighted by molar-refractivity contribution is 9.10. The summed E-state index contributed by atoms with van der Waals surface area (Å²) >= 11 is 3.31. The number of carbonyl (C=O) groups is 1. The SMILES string of the molecule is O=C(Nc1ccccc1Br)OCc1cccc(F)c1. The lowest BCUT2D eigenvalue weighted by Crippen LogP contribution is -2.13. The van der Waals surface area contributed by atoms with Crippen LogP contribution in [0.15, 0.2) is 53.0 Å². The molecule has 0 saturated carbocycles. The number of para-hydroxylation sites is 1. The molecule has 3 nitrogen and oxygen atoms in total. The molecule has 1 N–H and O–H groups in total. The lowest BCUT2D eigenvalue weighted by Gasteiger charge is -2.08. The molecule has 0 heterocycles.